The highest BCUT2D eigenvalue weighted by Crippen LogP contribution is 2.34. The third-order valence-electron chi connectivity index (χ3n) is 2.99. The number of thioether (sulfide) groups is 1. The SMILES string of the molecule is CSC(C)CNS(=O)(=O)c1c(CO)sc2ccccc12. The zero-order valence-electron chi connectivity index (χ0n) is 11.3. The number of aliphatic hydroxyl groups is 1. The van der Waals surface area contributed by atoms with Crippen LogP contribution in [0.15, 0.2) is 29.2 Å². The summed E-state index contributed by atoms with van der Waals surface area (Å²) in [6.07, 6.45) is 1.94. The van der Waals surface area contributed by atoms with Gasteiger partial charge in [0.1, 0.15) is 4.90 Å². The van der Waals surface area contributed by atoms with Crippen LogP contribution in [0.3, 0.4) is 0 Å². The molecule has 2 N–H and O–H groups in total. The Labute approximate surface area is 127 Å². The Bertz CT molecular complexity index is 694. The lowest BCUT2D eigenvalue weighted by Crippen LogP contribution is -2.29. The monoisotopic (exact) mass is 331 g/mol. The molecule has 0 aliphatic heterocycles. The molecule has 0 fully saturated rings. The minimum Gasteiger partial charge on any atom is -0.391 e. The van der Waals surface area contributed by atoms with Crippen LogP contribution in [0.2, 0.25) is 0 Å². The second kappa shape index (κ2) is 6.44. The third kappa shape index (κ3) is 3.17. The molecule has 0 aliphatic carbocycles. The predicted octanol–water partition coefficient (Wildman–Crippen LogP) is 2.42. The van der Waals surface area contributed by atoms with Crippen molar-refractivity contribution in [1.29, 1.82) is 0 Å². The maximum absolute atomic E-state index is 12.5. The van der Waals surface area contributed by atoms with Gasteiger partial charge >= 0.3 is 0 Å². The number of nitrogens with one attached hydrogen (secondary N) is 1. The molecular weight excluding hydrogens is 314 g/mol. The topological polar surface area (TPSA) is 66.4 Å². The van der Waals surface area contributed by atoms with Gasteiger partial charge in [0, 0.05) is 21.9 Å². The molecule has 1 atom stereocenters. The van der Waals surface area contributed by atoms with E-state index in [1.54, 1.807) is 23.9 Å². The maximum atomic E-state index is 12.5. The van der Waals surface area contributed by atoms with Gasteiger partial charge in [-0.05, 0) is 12.3 Å². The van der Waals surface area contributed by atoms with Crippen LogP contribution >= 0.6 is 23.1 Å². The van der Waals surface area contributed by atoms with Crippen molar-refractivity contribution in [1.82, 2.24) is 4.72 Å². The molecule has 0 radical (unpaired) electrons. The first-order valence-electron chi connectivity index (χ1n) is 6.13. The van der Waals surface area contributed by atoms with Crippen LogP contribution in [0, 0.1) is 0 Å². The molecule has 20 heavy (non-hydrogen) atoms. The van der Waals surface area contributed by atoms with Crippen LogP contribution in [0.1, 0.15) is 11.8 Å². The van der Waals surface area contributed by atoms with E-state index in [1.807, 2.05) is 25.3 Å². The number of rotatable bonds is 6. The Morgan fingerprint density at radius 3 is 2.75 bits per heavy atom. The van der Waals surface area contributed by atoms with Crippen molar-refractivity contribution in [3.8, 4) is 0 Å². The molecule has 2 aromatic rings. The van der Waals surface area contributed by atoms with E-state index < -0.39 is 10.0 Å². The number of hydrogen-bond acceptors (Lipinski definition) is 5. The zero-order valence-corrected chi connectivity index (χ0v) is 13.7. The van der Waals surface area contributed by atoms with Crippen LogP contribution in [0.5, 0.6) is 0 Å². The molecule has 1 unspecified atom stereocenters. The number of benzene rings is 1. The lowest BCUT2D eigenvalue weighted by Gasteiger charge is -2.11. The summed E-state index contributed by atoms with van der Waals surface area (Å²) in [6.45, 7) is 2.07. The summed E-state index contributed by atoms with van der Waals surface area (Å²) in [6, 6.07) is 7.31. The van der Waals surface area contributed by atoms with Crippen LogP contribution in [-0.4, -0.2) is 31.6 Å². The van der Waals surface area contributed by atoms with Crippen molar-refractivity contribution in [2.24, 2.45) is 0 Å². The summed E-state index contributed by atoms with van der Waals surface area (Å²) in [5.41, 5.74) is 0. The molecule has 0 saturated heterocycles. The van der Waals surface area contributed by atoms with Crippen molar-refractivity contribution < 1.29 is 13.5 Å². The lowest BCUT2D eigenvalue weighted by molar-refractivity contribution is 0.283. The van der Waals surface area contributed by atoms with E-state index >= 15 is 0 Å². The molecule has 1 aromatic heterocycles. The first-order valence-corrected chi connectivity index (χ1v) is 9.72. The standard InChI is InChI=1S/C13H17NO3S3/c1-9(18-2)7-14-20(16,17)13-10-5-3-4-6-11(10)19-12(13)8-15/h3-6,9,14-15H,7-8H2,1-2H3. The van der Waals surface area contributed by atoms with E-state index in [2.05, 4.69) is 4.72 Å². The summed E-state index contributed by atoms with van der Waals surface area (Å²) in [5, 5.41) is 10.3. The number of sulfonamides is 1. The Morgan fingerprint density at radius 2 is 2.10 bits per heavy atom. The molecule has 1 aromatic carbocycles. The average molecular weight is 331 g/mol. The normalized spacial score (nSPS) is 13.8. The minimum absolute atomic E-state index is 0.201. The van der Waals surface area contributed by atoms with Gasteiger partial charge in [-0.3, -0.25) is 0 Å². The van der Waals surface area contributed by atoms with E-state index in [0.717, 1.165) is 4.70 Å². The van der Waals surface area contributed by atoms with E-state index in [1.165, 1.54) is 11.3 Å². The van der Waals surface area contributed by atoms with Gasteiger partial charge in [0.25, 0.3) is 0 Å². The van der Waals surface area contributed by atoms with E-state index in [9.17, 15) is 13.5 Å². The van der Waals surface area contributed by atoms with Crippen LogP contribution in [-0.2, 0) is 16.6 Å². The molecule has 0 aliphatic rings. The van der Waals surface area contributed by atoms with Gasteiger partial charge < -0.3 is 5.11 Å². The second-order valence-corrected chi connectivity index (χ2v) is 8.52. The quantitative estimate of drug-likeness (QED) is 0.853. The second-order valence-electron chi connectivity index (χ2n) is 4.41. The number of hydrogen-bond donors (Lipinski definition) is 2. The fraction of sp³-hybridized carbons (Fsp3) is 0.385. The van der Waals surface area contributed by atoms with Gasteiger partial charge in [-0.2, -0.15) is 11.8 Å². The summed E-state index contributed by atoms with van der Waals surface area (Å²) in [7, 11) is -3.60. The highest BCUT2D eigenvalue weighted by molar-refractivity contribution is 7.99. The number of aliphatic hydroxyl groups excluding tert-OH is 1. The Hall–Kier alpha value is -0.600. The third-order valence-corrected chi connectivity index (χ3v) is 6.80. The molecule has 110 valence electrons. The fourth-order valence-electron chi connectivity index (χ4n) is 1.85. The van der Waals surface area contributed by atoms with Crippen molar-refractivity contribution in [3.63, 3.8) is 0 Å². The summed E-state index contributed by atoms with van der Waals surface area (Å²) in [5.74, 6) is 0. The Balaban J connectivity index is 2.45. The molecule has 7 heteroatoms. The largest absolute Gasteiger partial charge is 0.391 e. The summed E-state index contributed by atoms with van der Waals surface area (Å²) >= 11 is 2.92. The Kier molecular flexibility index (Phi) is 5.09. The maximum Gasteiger partial charge on any atom is 0.242 e. The molecule has 0 spiro atoms. The van der Waals surface area contributed by atoms with Crippen molar-refractivity contribution in [3.05, 3.63) is 29.1 Å². The smallest absolute Gasteiger partial charge is 0.242 e. The van der Waals surface area contributed by atoms with Crippen LogP contribution in [0.4, 0.5) is 0 Å². The first kappa shape index (κ1) is 15.8. The predicted molar refractivity (Wildman–Crippen MR) is 85.9 cm³/mol. The van der Waals surface area contributed by atoms with E-state index in [0.29, 0.717) is 16.8 Å². The molecule has 1 heterocycles. The zero-order chi connectivity index (χ0) is 14.8. The van der Waals surface area contributed by atoms with Gasteiger partial charge in [-0.15, -0.1) is 11.3 Å². The van der Waals surface area contributed by atoms with Crippen molar-refractivity contribution in [2.45, 2.75) is 23.7 Å². The molecule has 4 nitrogen and oxygen atoms in total. The van der Waals surface area contributed by atoms with Gasteiger partial charge in [0.15, 0.2) is 0 Å². The lowest BCUT2D eigenvalue weighted by atomic mass is 10.2. The fourth-order valence-corrected chi connectivity index (χ4v) is 5.13. The molecule has 2 rings (SSSR count). The Morgan fingerprint density at radius 1 is 1.40 bits per heavy atom. The average Bonchev–Trinajstić information content (AvgIpc) is 2.84. The van der Waals surface area contributed by atoms with Gasteiger partial charge in [-0.1, -0.05) is 25.1 Å². The summed E-state index contributed by atoms with van der Waals surface area (Å²) < 4.78 is 28.5. The van der Waals surface area contributed by atoms with Gasteiger partial charge in [-0.25, -0.2) is 13.1 Å². The van der Waals surface area contributed by atoms with Crippen molar-refractivity contribution in [2.75, 3.05) is 12.8 Å². The summed E-state index contributed by atoms with van der Waals surface area (Å²) in [4.78, 5) is 0.699. The minimum atomic E-state index is -3.60. The molecule has 0 amide bonds. The van der Waals surface area contributed by atoms with Crippen LogP contribution in [0.25, 0.3) is 10.1 Å². The van der Waals surface area contributed by atoms with Crippen LogP contribution < -0.4 is 4.72 Å². The highest BCUT2D eigenvalue weighted by atomic mass is 32.2. The first-order chi connectivity index (χ1) is 9.49. The molecule has 0 bridgehead atoms. The van der Waals surface area contributed by atoms with Gasteiger partial charge in [0.2, 0.25) is 10.0 Å². The van der Waals surface area contributed by atoms with E-state index in [-0.39, 0.29) is 16.8 Å². The van der Waals surface area contributed by atoms with Crippen molar-refractivity contribution >= 4 is 43.2 Å². The number of fused-ring (bicyclic) bond motifs is 1. The van der Waals surface area contributed by atoms with E-state index in [4.69, 9.17) is 0 Å². The highest BCUT2D eigenvalue weighted by Gasteiger charge is 2.24. The molecular formula is C13H17NO3S3. The molecule has 0 saturated carbocycles. The number of thiophene rings is 1. The van der Waals surface area contributed by atoms with Gasteiger partial charge in [0.05, 0.1) is 11.5 Å².